The van der Waals surface area contributed by atoms with Gasteiger partial charge in [-0.15, -0.1) is 11.6 Å². The van der Waals surface area contributed by atoms with Crippen molar-refractivity contribution in [1.82, 2.24) is 5.32 Å². The Morgan fingerprint density at radius 3 is 2.94 bits per heavy atom. The zero-order chi connectivity index (χ0) is 13.1. The van der Waals surface area contributed by atoms with Crippen LogP contribution < -0.4 is 10.1 Å². The molecule has 98 valence electrons. The van der Waals surface area contributed by atoms with Gasteiger partial charge in [0, 0.05) is 11.0 Å². The maximum absolute atomic E-state index is 12.0. The lowest BCUT2D eigenvalue weighted by atomic mass is 10.2. The molecule has 1 atom stereocenters. The third kappa shape index (κ3) is 3.39. The summed E-state index contributed by atoms with van der Waals surface area (Å²) in [5.41, 5.74) is 0.564. The predicted octanol–water partition coefficient (Wildman–Crippen LogP) is 3.20. The van der Waals surface area contributed by atoms with Gasteiger partial charge in [-0.2, -0.15) is 0 Å². The van der Waals surface area contributed by atoms with Crippen LogP contribution in [0.2, 0.25) is 0 Å². The van der Waals surface area contributed by atoms with Crippen LogP contribution in [0.5, 0.6) is 5.75 Å². The molecule has 0 radical (unpaired) electrons. The fraction of sp³-hybridized carbons (Fsp3) is 0.462. The molecule has 1 aliphatic carbocycles. The van der Waals surface area contributed by atoms with Gasteiger partial charge in [0.1, 0.15) is 5.75 Å². The summed E-state index contributed by atoms with van der Waals surface area (Å²) < 4.78 is 5.86. The minimum absolute atomic E-state index is 0.0401. The Bertz CT molecular complexity index is 449. The molecule has 1 N–H and O–H groups in total. The molecule has 0 heterocycles. The largest absolute Gasteiger partial charge is 0.497 e. The summed E-state index contributed by atoms with van der Waals surface area (Å²) in [5, 5.41) is 2.90. The van der Waals surface area contributed by atoms with Gasteiger partial charge in [0.25, 0.3) is 5.91 Å². The highest BCUT2D eigenvalue weighted by Crippen LogP contribution is 2.35. The third-order valence-electron chi connectivity index (χ3n) is 3.01. The Morgan fingerprint density at radius 2 is 2.33 bits per heavy atom. The summed E-state index contributed by atoms with van der Waals surface area (Å²) in [7, 11) is 1.58. The highest BCUT2D eigenvalue weighted by Gasteiger charge is 2.29. The van der Waals surface area contributed by atoms with Crippen LogP contribution in [0.15, 0.2) is 22.7 Å². The van der Waals surface area contributed by atoms with E-state index in [1.807, 2.05) is 0 Å². The predicted molar refractivity (Wildman–Crippen MR) is 75.4 cm³/mol. The van der Waals surface area contributed by atoms with Crippen molar-refractivity contribution in [3.8, 4) is 5.75 Å². The van der Waals surface area contributed by atoms with Crippen LogP contribution in [0.25, 0.3) is 0 Å². The molecule has 0 aliphatic heterocycles. The fourth-order valence-corrected chi connectivity index (χ4v) is 2.47. The van der Waals surface area contributed by atoms with Gasteiger partial charge < -0.3 is 10.1 Å². The van der Waals surface area contributed by atoms with E-state index in [2.05, 4.69) is 21.2 Å². The number of carbonyl (C=O) groups excluding carboxylic acids is 1. The maximum atomic E-state index is 12.0. The van der Waals surface area contributed by atoms with E-state index in [1.165, 1.54) is 12.8 Å². The molecule has 1 fully saturated rings. The Labute approximate surface area is 120 Å². The Kier molecular flexibility index (Phi) is 4.51. The molecule has 0 aromatic heterocycles. The van der Waals surface area contributed by atoms with Crippen LogP contribution in [0, 0.1) is 5.92 Å². The number of halogens is 2. The molecule has 1 aliphatic rings. The zero-order valence-corrected chi connectivity index (χ0v) is 12.4. The van der Waals surface area contributed by atoms with Crippen molar-refractivity contribution in [3.05, 3.63) is 28.2 Å². The van der Waals surface area contributed by atoms with Crippen LogP contribution in [0.4, 0.5) is 0 Å². The molecule has 2 rings (SSSR count). The molecule has 1 amide bonds. The number of amides is 1. The summed E-state index contributed by atoms with van der Waals surface area (Å²) in [4.78, 5) is 12.0. The number of methoxy groups -OCH3 is 1. The molecular weight excluding hydrogens is 318 g/mol. The van der Waals surface area contributed by atoms with E-state index in [9.17, 15) is 4.79 Å². The first-order valence-electron chi connectivity index (χ1n) is 5.87. The molecule has 0 spiro atoms. The molecule has 3 nitrogen and oxygen atoms in total. The second-order valence-electron chi connectivity index (χ2n) is 4.41. The second-order valence-corrected chi connectivity index (χ2v) is 5.82. The van der Waals surface area contributed by atoms with Crippen molar-refractivity contribution >= 4 is 33.4 Å². The van der Waals surface area contributed by atoms with Crippen LogP contribution in [0.3, 0.4) is 0 Å². The number of carbonyl (C=O) groups is 1. The third-order valence-corrected chi connectivity index (χ3v) is 4.21. The van der Waals surface area contributed by atoms with Crippen LogP contribution in [-0.2, 0) is 0 Å². The van der Waals surface area contributed by atoms with E-state index < -0.39 is 0 Å². The van der Waals surface area contributed by atoms with Crippen molar-refractivity contribution in [2.75, 3.05) is 13.7 Å². The van der Waals surface area contributed by atoms with Crippen molar-refractivity contribution in [2.24, 2.45) is 5.92 Å². The summed E-state index contributed by atoms with van der Waals surface area (Å²) in [6.07, 6.45) is 2.35. The number of hydrogen-bond acceptors (Lipinski definition) is 2. The van der Waals surface area contributed by atoms with Crippen LogP contribution in [0.1, 0.15) is 23.2 Å². The first-order valence-corrected chi connectivity index (χ1v) is 7.10. The first-order chi connectivity index (χ1) is 8.61. The number of benzene rings is 1. The number of ether oxygens (including phenoxy) is 1. The van der Waals surface area contributed by atoms with E-state index in [0.29, 0.717) is 23.8 Å². The highest BCUT2D eigenvalue weighted by atomic mass is 79.9. The number of alkyl halides is 1. The van der Waals surface area contributed by atoms with Gasteiger partial charge in [0.2, 0.25) is 0 Å². The minimum Gasteiger partial charge on any atom is -0.497 e. The monoisotopic (exact) mass is 331 g/mol. The molecule has 1 saturated carbocycles. The standard InChI is InChI=1S/C13H15BrClNO2/c1-18-9-4-5-11(14)10(6-9)13(17)16-7-12(15)8-2-3-8/h4-6,8,12H,2-3,7H2,1H3,(H,16,17). The second kappa shape index (κ2) is 5.93. The molecule has 1 unspecified atom stereocenters. The number of rotatable bonds is 5. The topological polar surface area (TPSA) is 38.3 Å². The van der Waals surface area contributed by atoms with Gasteiger partial charge in [0.15, 0.2) is 0 Å². The lowest BCUT2D eigenvalue weighted by Crippen LogP contribution is -2.30. The van der Waals surface area contributed by atoms with Gasteiger partial charge in [0.05, 0.1) is 18.1 Å². The maximum Gasteiger partial charge on any atom is 0.252 e. The van der Waals surface area contributed by atoms with E-state index in [4.69, 9.17) is 16.3 Å². The van der Waals surface area contributed by atoms with Gasteiger partial charge >= 0.3 is 0 Å². The van der Waals surface area contributed by atoms with Crippen molar-refractivity contribution in [1.29, 1.82) is 0 Å². The van der Waals surface area contributed by atoms with Crippen molar-refractivity contribution in [2.45, 2.75) is 18.2 Å². The van der Waals surface area contributed by atoms with Gasteiger partial charge in [-0.25, -0.2) is 0 Å². The summed E-state index contributed by atoms with van der Waals surface area (Å²) in [6, 6.07) is 5.31. The van der Waals surface area contributed by atoms with Crippen molar-refractivity contribution in [3.63, 3.8) is 0 Å². The molecule has 18 heavy (non-hydrogen) atoms. The fourth-order valence-electron chi connectivity index (χ4n) is 1.72. The molecule has 1 aromatic rings. The highest BCUT2D eigenvalue weighted by molar-refractivity contribution is 9.10. The average Bonchev–Trinajstić information content (AvgIpc) is 3.20. The quantitative estimate of drug-likeness (QED) is 0.841. The van der Waals surface area contributed by atoms with Crippen LogP contribution >= 0.6 is 27.5 Å². The molecule has 0 bridgehead atoms. The summed E-state index contributed by atoms with van der Waals surface area (Å²) in [6.45, 7) is 0.509. The normalized spacial score (nSPS) is 16.2. The van der Waals surface area contributed by atoms with E-state index in [1.54, 1.807) is 25.3 Å². The average molecular weight is 333 g/mol. The lowest BCUT2D eigenvalue weighted by molar-refractivity contribution is 0.0952. The molecular formula is C13H15BrClNO2. The Morgan fingerprint density at radius 1 is 1.61 bits per heavy atom. The lowest BCUT2D eigenvalue weighted by Gasteiger charge is -2.11. The number of hydrogen-bond donors (Lipinski definition) is 1. The first kappa shape index (κ1) is 13.7. The molecule has 5 heteroatoms. The zero-order valence-electron chi connectivity index (χ0n) is 10.1. The van der Waals surface area contributed by atoms with Gasteiger partial charge in [-0.05, 0) is 52.9 Å². The molecule has 0 saturated heterocycles. The SMILES string of the molecule is COc1ccc(Br)c(C(=O)NCC(Cl)C2CC2)c1. The Balaban J connectivity index is 1.98. The molecule has 1 aromatic carbocycles. The van der Waals surface area contributed by atoms with E-state index in [0.717, 1.165) is 4.47 Å². The summed E-state index contributed by atoms with van der Waals surface area (Å²) in [5.74, 6) is 1.10. The Hall–Kier alpha value is -0.740. The number of nitrogens with one attached hydrogen (secondary N) is 1. The smallest absolute Gasteiger partial charge is 0.252 e. The van der Waals surface area contributed by atoms with Gasteiger partial charge in [-0.3, -0.25) is 4.79 Å². The van der Waals surface area contributed by atoms with Crippen molar-refractivity contribution < 1.29 is 9.53 Å². The summed E-state index contributed by atoms with van der Waals surface area (Å²) >= 11 is 9.52. The van der Waals surface area contributed by atoms with Crippen LogP contribution in [-0.4, -0.2) is 24.9 Å². The minimum atomic E-state index is -0.132. The van der Waals surface area contributed by atoms with E-state index in [-0.39, 0.29) is 11.3 Å². The van der Waals surface area contributed by atoms with E-state index >= 15 is 0 Å². The van der Waals surface area contributed by atoms with Gasteiger partial charge in [-0.1, -0.05) is 0 Å².